The van der Waals surface area contributed by atoms with E-state index < -0.39 is 0 Å². The molecule has 3 rings (SSSR count). The quantitative estimate of drug-likeness (QED) is 0.681. The van der Waals surface area contributed by atoms with Crippen LogP contribution in [-0.2, 0) is 9.59 Å². The Labute approximate surface area is 156 Å². The molecule has 3 N–H and O–H groups in total. The van der Waals surface area contributed by atoms with Gasteiger partial charge in [-0.1, -0.05) is 39.0 Å². The van der Waals surface area contributed by atoms with Crippen LogP contribution in [-0.4, -0.2) is 17.6 Å². The Morgan fingerprint density at radius 2 is 1.62 bits per heavy atom. The van der Waals surface area contributed by atoms with Crippen molar-refractivity contribution in [3.63, 3.8) is 0 Å². The van der Waals surface area contributed by atoms with Crippen molar-refractivity contribution < 1.29 is 9.59 Å². The van der Waals surface area contributed by atoms with Gasteiger partial charge in [0.1, 0.15) is 0 Å². The van der Waals surface area contributed by atoms with Crippen molar-refractivity contribution in [2.45, 2.75) is 70.8 Å². The summed E-state index contributed by atoms with van der Waals surface area (Å²) in [5.41, 5.74) is 7.88. The Morgan fingerprint density at radius 3 is 2.35 bits per heavy atom. The summed E-state index contributed by atoms with van der Waals surface area (Å²) < 4.78 is 0. The molecule has 0 aromatic carbocycles. The van der Waals surface area contributed by atoms with Gasteiger partial charge in [-0.2, -0.15) is 0 Å². The van der Waals surface area contributed by atoms with Gasteiger partial charge in [0.25, 0.3) is 0 Å². The molecule has 140 valence electrons. The maximum Gasteiger partial charge on any atom is 0.188 e. The Morgan fingerprint density at radius 1 is 0.923 bits per heavy atom. The van der Waals surface area contributed by atoms with Crippen LogP contribution in [0.1, 0.15) is 64.7 Å². The highest BCUT2D eigenvalue weighted by atomic mass is 16.1. The molecule has 0 aliphatic heterocycles. The first kappa shape index (κ1) is 18.7. The third kappa shape index (κ3) is 4.17. The van der Waals surface area contributed by atoms with Gasteiger partial charge in [-0.05, 0) is 55.9 Å². The standard InChI is InChI=1S/C22H30N2O2/c1-2-3-4-5-6-15-7-9-16(10-8-15)24-18-12-14-19(25)21-17(23)11-13-20(26)22(18)21/h11-16,24H,2-10,23H2,1H3. The Hall–Kier alpha value is -2.10. The molecule has 0 heterocycles. The maximum atomic E-state index is 12.3. The topological polar surface area (TPSA) is 72.2 Å². The molecule has 4 heteroatoms. The second-order valence-electron chi connectivity index (χ2n) is 7.73. The van der Waals surface area contributed by atoms with E-state index in [0.29, 0.717) is 22.9 Å². The molecule has 1 fully saturated rings. The Kier molecular flexibility index (Phi) is 6.12. The monoisotopic (exact) mass is 354 g/mol. The number of hydrogen-bond donors (Lipinski definition) is 2. The molecular formula is C22H30N2O2. The van der Waals surface area contributed by atoms with Gasteiger partial charge < -0.3 is 11.1 Å². The van der Waals surface area contributed by atoms with E-state index in [1.807, 2.05) is 0 Å². The second kappa shape index (κ2) is 8.52. The number of nitrogens with two attached hydrogens (primary N) is 1. The zero-order valence-corrected chi connectivity index (χ0v) is 15.7. The summed E-state index contributed by atoms with van der Waals surface area (Å²) in [4.78, 5) is 24.5. The van der Waals surface area contributed by atoms with Crippen LogP contribution in [0.2, 0.25) is 0 Å². The van der Waals surface area contributed by atoms with E-state index >= 15 is 0 Å². The number of carbonyl (C=O) groups is 2. The van der Waals surface area contributed by atoms with E-state index in [1.165, 1.54) is 63.2 Å². The average Bonchev–Trinajstić information content (AvgIpc) is 2.65. The van der Waals surface area contributed by atoms with Crippen LogP contribution in [0.25, 0.3) is 0 Å². The minimum Gasteiger partial charge on any atom is -0.398 e. The summed E-state index contributed by atoms with van der Waals surface area (Å²) in [7, 11) is 0. The van der Waals surface area contributed by atoms with Crippen LogP contribution in [0.5, 0.6) is 0 Å². The molecule has 0 bridgehead atoms. The maximum absolute atomic E-state index is 12.3. The molecule has 1 saturated carbocycles. The van der Waals surface area contributed by atoms with Crippen molar-refractivity contribution in [1.82, 2.24) is 5.32 Å². The predicted molar refractivity (Wildman–Crippen MR) is 104 cm³/mol. The summed E-state index contributed by atoms with van der Waals surface area (Å²) in [6.45, 7) is 2.25. The summed E-state index contributed by atoms with van der Waals surface area (Å²) in [5.74, 6) is 0.520. The zero-order chi connectivity index (χ0) is 18.5. The van der Waals surface area contributed by atoms with E-state index in [2.05, 4.69) is 12.2 Å². The molecule has 0 aromatic heterocycles. The second-order valence-corrected chi connectivity index (χ2v) is 7.73. The smallest absolute Gasteiger partial charge is 0.188 e. The molecule has 0 aromatic rings. The highest BCUT2D eigenvalue weighted by Gasteiger charge is 2.30. The lowest BCUT2D eigenvalue weighted by Crippen LogP contribution is -2.35. The van der Waals surface area contributed by atoms with Crippen LogP contribution in [0.4, 0.5) is 0 Å². The highest BCUT2D eigenvalue weighted by molar-refractivity contribution is 6.23. The number of hydrogen-bond acceptors (Lipinski definition) is 4. The SMILES string of the molecule is CCCCCCC1CCC(NC2=C3C(=O)C=CC(N)=C3C(=O)C=C2)CC1. The lowest BCUT2D eigenvalue weighted by atomic mass is 9.82. The molecule has 0 amide bonds. The van der Waals surface area contributed by atoms with Crippen molar-refractivity contribution in [1.29, 1.82) is 0 Å². The first-order valence-electron chi connectivity index (χ1n) is 10.1. The minimum atomic E-state index is -0.184. The predicted octanol–water partition coefficient (Wildman–Crippen LogP) is 3.85. The zero-order valence-electron chi connectivity index (χ0n) is 15.7. The van der Waals surface area contributed by atoms with Crippen LogP contribution < -0.4 is 11.1 Å². The van der Waals surface area contributed by atoms with Crippen molar-refractivity contribution >= 4 is 11.6 Å². The van der Waals surface area contributed by atoms with E-state index in [-0.39, 0.29) is 11.6 Å². The largest absolute Gasteiger partial charge is 0.398 e. The van der Waals surface area contributed by atoms with Crippen molar-refractivity contribution in [3.05, 3.63) is 46.8 Å². The summed E-state index contributed by atoms with van der Waals surface area (Å²) in [5, 5.41) is 3.52. The third-order valence-electron chi connectivity index (χ3n) is 5.79. The molecule has 0 radical (unpaired) electrons. The lowest BCUT2D eigenvalue weighted by Gasteiger charge is -2.31. The van der Waals surface area contributed by atoms with Crippen LogP contribution >= 0.6 is 0 Å². The van der Waals surface area contributed by atoms with Gasteiger partial charge in [-0.3, -0.25) is 9.59 Å². The van der Waals surface area contributed by atoms with Crippen molar-refractivity contribution in [2.75, 3.05) is 0 Å². The van der Waals surface area contributed by atoms with Crippen LogP contribution in [0.3, 0.4) is 0 Å². The fraction of sp³-hybridized carbons (Fsp3) is 0.545. The number of rotatable bonds is 7. The van der Waals surface area contributed by atoms with Gasteiger partial charge in [-0.25, -0.2) is 0 Å². The molecule has 4 nitrogen and oxygen atoms in total. The van der Waals surface area contributed by atoms with Gasteiger partial charge >= 0.3 is 0 Å². The first-order chi connectivity index (χ1) is 12.6. The number of allylic oxidation sites excluding steroid dienone is 6. The minimum absolute atomic E-state index is 0.140. The average molecular weight is 354 g/mol. The Balaban J connectivity index is 1.60. The normalized spacial score (nSPS) is 25.7. The van der Waals surface area contributed by atoms with E-state index in [9.17, 15) is 9.59 Å². The van der Waals surface area contributed by atoms with E-state index in [4.69, 9.17) is 5.73 Å². The number of fused-ring (bicyclic) bond motifs is 1. The Bertz CT molecular complexity index is 689. The van der Waals surface area contributed by atoms with E-state index in [1.54, 1.807) is 6.08 Å². The summed E-state index contributed by atoms with van der Waals surface area (Å²) in [6.07, 6.45) is 17.7. The fourth-order valence-corrected chi connectivity index (χ4v) is 4.25. The summed E-state index contributed by atoms with van der Waals surface area (Å²) in [6, 6.07) is 0.364. The van der Waals surface area contributed by atoms with Gasteiger partial charge in [-0.15, -0.1) is 0 Å². The van der Waals surface area contributed by atoms with E-state index in [0.717, 1.165) is 24.5 Å². The molecule has 26 heavy (non-hydrogen) atoms. The summed E-state index contributed by atoms with van der Waals surface area (Å²) >= 11 is 0. The molecule has 0 saturated heterocycles. The third-order valence-corrected chi connectivity index (χ3v) is 5.79. The molecule has 0 unspecified atom stereocenters. The van der Waals surface area contributed by atoms with Gasteiger partial charge in [0.05, 0.1) is 11.1 Å². The number of unbranched alkanes of at least 4 members (excludes halogenated alkanes) is 3. The number of carbonyl (C=O) groups excluding carboxylic acids is 2. The first-order valence-corrected chi connectivity index (χ1v) is 10.1. The molecule has 3 aliphatic carbocycles. The fourth-order valence-electron chi connectivity index (χ4n) is 4.25. The van der Waals surface area contributed by atoms with Crippen LogP contribution in [0, 0.1) is 5.92 Å². The molecular weight excluding hydrogens is 324 g/mol. The molecule has 0 atom stereocenters. The number of nitrogens with one attached hydrogen (secondary N) is 1. The molecule has 3 aliphatic rings. The number of ketones is 2. The van der Waals surface area contributed by atoms with Gasteiger partial charge in [0.2, 0.25) is 0 Å². The van der Waals surface area contributed by atoms with Gasteiger partial charge in [0, 0.05) is 17.4 Å². The lowest BCUT2D eigenvalue weighted by molar-refractivity contribution is -0.114. The van der Waals surface area contributed by atoms with Crippen LogP contribution in [0.15, 0.2) is 46.8 Å². The van der Waals surface area contributed by atoms with Gasteiger partial charge in [0.15, 0.2) is 11.6 Å². The molecule has 0 spiro atoms. The van der Waals surface area contributed by atoms with Crippen molar-refractivity contribution in [3.8, 4) is 0 Å². The highest BCUT2D eigenvalue weighted by Crippen LogP contribution is 2.32. The van der Waals surface area contributed by atoms with Crippen molar-refractivity contribution in [2.24, 2.45) is 11.7 Å².